The fourth-order valence-electron chi connectivity index (χ4n) is 2.44. The standard InChI is InChI=1S/C14H22N2O4S2/c1-11-3-7-16(8-4-11)6-2-5-15-22(19,20)13-9-12(10-21-13)14(17)18/h9-11,15H,2-8H2,1H3,(H,17,18). The molecule has 6 nitrogen and oxygen atoms in total. The number of nitrogens with zero attached hydrogens (tertiary/aromatic N) is 1. The third-order valence-electron chi connectivity index (χ3n) is 3.91. The zero-order valence-corrected chi connectivity index (χ0v) is 14.3. The number of carboxylic acid groups (broad SMARTS) is 1. The Balaban J connectivity index is 1.76. The molecule has 2 N–H and O–H groups in total. The molecule has 0 atom stereocenters. The summed E-state index contributed by atoms with van der Waals surface area (Å²) in [4.78, 5) is 13.1. The minimum atomic E-state index is -3.60. The van der Waals surface area contributed by atoms with Gasteiger partial charge in [0.05, 0.1) is 5.56 Å². The number of carboxylic acids is 1. The molecule has 1 aliphatic heterocycles. The Morgan fingerprint density at radius 1 is 1.45 bits per heavy atom. The van der Waals surface area contributed by atoms with E-state index in [0.717, 1.165) is 43.3 Å². The Morgan fingerprint density at radius 2 is 2.14 bits per heavy atom. The van der Waals surface area contributed by atoms with Crippen molar-refractivity contribution < 1.29 is 18.3 Å². The van der Waals surface area contributed by atoms with Crippen molar-refractivity contribution in [2.75, 3.05) is 26.2 Å². The van der Waals surface area contributed by atoms with Crippen molar-refractivity contribution in [3.05, 3.63) is 17.0 Å². The van der Waals surface area contributed by atoms with Crippen LogP contribution in [-0.2, 0) is 10.0 Å². The van der Waals surface area contributed by atoms with Crippen LogP contribution in [0, 0.1) is 5.92 Å². The smallest absolute Gasteiger partial charge is 0.336 e. The van der Waals surface area contributed by atoms with Gasteiger partial charge in [-0.2, -0.15) is 0 Å². The first-order valence-corrected chi connectivity index (χ1v) is 9.78. The monoisotopic (exact) mass is 346 g/mol. The Morgan fingerprint density at radius 3 is 2.73 bits per heavy atom. The molecule has 1 aromatic heterocycles. The summed E-state index contributed by atoms with van der Waals surface area (Å²) >= 11 is 0.929. The number of piperidine rings is 1. The van der Waals surface area contributed by atoms with Crippen LogP contribution in [0.3, 0.4) is 0 Å². The first-order valence-electron chi connectivity index (χ1n) is 7.42. The molecule has 2 heterocycles. The molecule has 0 aromatic carbocycles. The van der Waals surface area contributed by atoms with Crippen LogP contribution in [0.4, 0.5) is 0 Å². The van der Waals surface area contributed by atoms with E-state index in [1.54, 1.807) is 0 Å². The molecule has 0 amide bonds. The average molecular weight is 346 g/mol. The summed E-state index contributed by atoms with van der Waals surface area (Å²) in [5.41, 5.74) is 0.00723. The number of thiophene rings is 1. The molecule has 22 heavy (non-hydrogen) atoms. The second-order valence-electron chi connectivity index (χ2n) is 5.74. The lowest BCUT2D eigenvalue weighted by Gasteiger charge is -2.30. The zero-order chi connectivity index (χ0) is 16.2. The van der Waals surface area contributed by atoms with Crippen LogP contribution in [0.2, 0.25) is 0 Å². The minimum absolute atomic E-state index is 0.00723. The summed E-state index contributed by atoms with van der Waals surface area (Å²) in [7, 11) is -3.60. The molecule has 0 saturated carbocycles. The number of carbonyl (C=O) groups is 1. The summed E-state index contributed by atoms with van der Waals surface area (Å²) in [6.45, 7) is 5.69. The van der Waals surface area contributed by atoms with Crippen molar-refractivity contribution in [2.24, 2.45) is 5.92 Å². The van der Waals surface area contributed by atoms with Gasteiger partial charge in [0.1, 0.15) is 4.21 Å². The van der Waals surface area contributed by atoms with Crippen LogP contribution >= 0.6 is 11.3 Å². The highest BCUT2D eigenvalue weighted by molar-refractivity contribution is 7.91. The molecule has 0 aliphatic carbocycles. The molecule has 8 heteroatoms. The zero-order valence-electron chi connectivity index (χ0n) is 12.6. The van der Waals surface area contributed by atoms with E-state index < -0.39 is 16.0 Å². The number of aromatic carboxylic acids is 1. The van der Waals surface area contributed by atoms with Gasteiger partial charge in [0.25, 0.3) is 0 Å². The largest absolute Gasteiger partial charge is 0.478 e. The van der Waals surface area contributed by atoms with Gasteiger partial charge in [-0.1, -0.05) is 6.92 Å². The van der Waals surface area contributed by atoms with Crippen LogP contribution in [0.1, 0.15) is 36.5 Å². The molecule has 0 unspecified atom stereocenters. The van der Waals surface area contributed by atoms with Gasteiger partial charge in [-0.3, -0.25) is 0 Å². The molecule has 1 fully saturated rings. The van der Waals surface area contributed by atoms with Gasteiger partial charge < -0.3 is 10.0 Å². The Kier molecular flexibility index (Phi) is 5.96. The number of nitrogens with one attached hydrogen (secondary N) is 1. The molecular formula is C14H22N2O4S2. The van der Waals surface area contributed by atoms with Crippen LogP contribution < -0.4 is 4.72 Å². The lowest BCUT2D eigenvalue weighted by Crippen LogP contribution is -2.35. The lowest BCUT2D eigenvalue weighted by atomic mass is 9.99. The second kappa shape index (κ2) is 7.54. The first kappa shape index (κ1) is 17.4. The summed E-state index contributed by atoms with van der Waals surface area (Å²) < 4.78 is 26.7. The number of hydrogen-bond acceptors (Lipinski definition) is 5. The van der Waals surface area contributed by atoms with Crippen LogP contribution in [0.25, 0.3) is 0 Å². The maximum Gasteiger partial charge on any atom is 0.336 e. The Hall–Kier alpha value is -0.960. The lowest BCUT2D eigenvalue weighted by molar-refractivity contribution is 0.0697. The number of likely N-dealkylation sites (tertiary alicyclic amines) is 1. The Bertz CT molecular complexity index is 604. The normalized spacial score (nSPS) is 17.7. The molecule has 1 aliphatic rings. The Labute approximate surface area is 135 Å². The third-order valence-corrected chi connectivity index (χ3v) is 6.81. The highest BCUT2D eigenvalue weighted by Gasteiger charge is 2.19. The number of sulfonamides is 1. The maximum absolute atomic E-state index is 12.1. The number of hydrogen-bond donors (Lipinski definition) is 2. The van der Waals surface area contributed by atoms with Gasteiger partial charge in [-0.25, -0.2) is 17.9 Å². The van der Waals surface area contributed by atoms with Crippen LogP contribution in [-0.4, -0.2) is 50.6 Å². The predicted molar refractivity (Wildman–Crippen MR) is 85.9 cm³/mol. The highest BCUT2D eigenvalue weighted by Crippen LogP contribution is 2.20. The SMILES string of the molecule is CC1CCN(CCCNS(=O)(=O)c2cc(C(=O)O)cs2)CC1. The van der Waals surface area contributed by atoms with E-state index in [-0.39, 0.29) is 9.77 Å². The van der Waals surface area contributed by atoms with Crippen molar-refractivity contribution in [1.82, 2.24) is 9.62 Å². The molecule has 1 saturated heterocycles. The van der Waals surface area contributed by atoms with E-state index in [0.29, 0.717) is 6.54 Å². The number of rotatable bonds is 7. The molecule has 0 spiro atoms. The van der Waals surface area contributed by atoms with E-state index in [9.17, 15) is 13.2 Å². The van der Waals surface area contributed by atoms with Gasteiger partial charge in [-0.05, 0) is 50.9 Å². The van der Waals surface area contributed by atoms with Crippen molar-refractivity contribution >= 4 is 27.3 Å². The summed E-state index contributed by atoms with van der Waals surface area (Å²) in [5.74, 6) is -0.325. The average Bonchev–Trinajstić information content (AvgIpc) is 2.96. The van der Waals surface area contributed by atoms with Gasteiger partial charge in [0.2, 0.25) is 10.0 Å². The molecule has 0 bridgehead atoms. The molecule has 1 aromatic rings. The van der Waals surface area contributed by atoms with E-state index >= 15 is 0 Å². The molecule has 124 valence electrons. The fraction of sp³-hybridized carbons (Fsp3) is 0.643. The fourth-order valence-corrected chi connectivity index (χ4v) is 4.71. The van der Waals surface area contributed by atoms with E-state index in [4.69, 9.17) is 5.11 Å². The van der Waals surface area contributed by atoms with Gasteiger partial charge in [-0.15, -0.1) is 11.3 Å². The van der Waals surface area contributed by atoms with Gasteiger partial charge in [0.15, 0.2) is 0 Å². The quantitative estimate of drug-likeness (QED) is 0.736. The van der Waals surface area contributed by atoms with E-state index in [2.05, 4.69) is 16.5 Å². The summed E-state index contributed by atoms with van der Waals surface area (Å²) in [5, 5.41) is 10.2. The minimum Gasteiger partial charge on any atom is -0.478 e. The van der Waals surface area contributed by atoms with E-state index in [1.807, 2.05) is 0 Å². The van der Waals surface area contributed by atoms with Crippen LogP contribution in [0.15, 0.2) is 15.7 Å². The van der Waals surface area contributed by atoms with Crippen molar-refractivity contribution in [3.8, 4) is 0 Å². The topological polar surface area (TPSA) is 86.7 Å². The molecule has 0 radical (unpaired) electrons. The van der Waals surface area contributed by atoms with Crippen molar-refractivity contribution in [3.63, 3.8) is 0 Å². The molecular weight excluding hydrogens is 324 g/mol. The van der Waals surface area contributed by atoms with Gasteiger partial charge >= 0.3 is 5.97 Å². The van der Waals surface area contributed by atoms with Crippen LogP contribution in [0.5, 0.6) is 0 Å². The summed E-state index contributed by atoms with van der Waals surface area (Å²) in [6, 6.07) is 1.20. The highest BCUT2D eigenvalue weighted by atomic mass is 32.2. The first-order chi connectivity index (χ1) is 10.4. The van der Waals surface area contributed by atoms with E-state index in [1.165, 1.54) is 24.3 Å². The van der Waals surface area contributed by atoms with Crippen molar-refractivity contribution in [1.29, 1.82) is 0 Å². The predicted octanol–water partition coefficient (Wildman–Crippen LogP) is 1.85. The third kappa shape index (κ3) is 4.77. The summed E-state index contributed by atoms with van der Waals surface area (Å²) in [6.07, 6.45) is 3.17. The second-order valence-corrected chi connectivity index (χ2v) is 8.64. The maximum atomic E-state index is 12.1. The van der Waals surface area contributed by atoms with Crippen molar-refractivity contribution in [2.45, 2.75) is 30.4 Å². The molecule has 2 rings (SSSR count). The van der Waals surface area contributed by atoms with Gasteiger partial charge in [0, 0.05) is 11.9 Å².